The highest BCUT2D eigenvalue weighted by atomic mass is 16.5. The average Bonchev–Trinajstić information content (AvgIpc) is 2.56. The Morgan fingerprint density at radius 1 is 1.17 bits per heavy atom. The fraction of sp³-hybridized carbons (Fsp3) is 0.611. The van der Waals surface area contributed by atoms with Crippen LogP contribution in [0.15, 0.2) is 12.1 Å². The smallest absolute Gasteiger partial charge is 0.249 e. The minimum atomic E-state index is -0.116. The van der Waals surface area contributed by atoms with Gasteiger partial charge in [0.2, 0.25) is 5.91 Å². The van der Waals surface area contributed by atoms with Crippen LogP contribution in [0.25, 0.3) is 0 Å². The van der Waals surface area contributed by atoms with Gasteiger partial charge in [0.05, 0.1) is 24.6 Å². The van der Waals surface area contributed by atoms with Crippen molar-refractivity contribution in [1.82, 2.24) is 4.90 Å². The van der Waals surface area contributed by atoms with Crippen LogP contribution in [-0.2, 0) is 9.53 Å². The molecule has 1 amide bonds. The number of hydrogen-bond acceptors (Lipinski definition) is 4. The second kappa shape index (κ2) is 6.89. The molecule has 1 unspecified atom stereocenters. The Morgan fingerprint density at radius 3 is 2.57 bits per heavy atom. The normalized spacial score (nSPS) is 22.0. The van der Waals surface area contributed by atoms with Crippen molar-refractivity contribution in [3.8, 4) is 0 Å². The van der Waals surface area contributed by atoms with Crippen LogP contribution in [0.3, 0.4) is 0 Å². The molecule has 3 rings (SSSR count). The summed E-state index contributed by atoms with van der Waals surface area (Å²) >= 11 is 0. The molecule has 0 spiro atoms. The summed E-state index contributed by atoms with van der Waals surface area (Å²) in [5, 5.41) is 3.41. The maximum Gasteiger partial charge on any atom is 0.249 e. The Labute approximate surface area is 138 Å². The minimum absolute atomic E-state index is 0.116. The standard InChI is InChI=1S/C18H27N3O2/c1-4-15-18(22)21(6-5-20-7-9-23-10-8-20)17-12-14(3)13(2)11-16(17)19-15/h11-12,15,19H,4-10H2,1-3H3. The first kappa shape index (κ1) is 16.3. The summed E-state index contributed by atoms with van der Waals surface area (Å²) in [6.07, 6.45) is 0.805. The van der Waals surface area contributed by atoms with Gasteiger partial charge >= 0.3 is 0 Å². The Kier molecular flexibility index (Phi) is 4.87. The molecule has 2 heterocycles. The molecule has 5 heteroatoms. The van der Waals surface area contributed by atoms with E-state index in [0.29, 0.717) is 0 Å². The van der Waals surface area contributed by atoms with Crippen LogP contribution in [0, 0.1) is 13.8 Å². The average molecular weight is 317 g/mol. The van der Waals surface area contributed by atoms with Crippen molar-refractivity contribution in [2.75, 3.05) is 49.6 Å². The molecule has 0 radical (unpaired) electrons. The highest BCUT2D eigenvalue weighted by Crippen LogP contribution is 2.34. The number of carbonyl (C=O) groups is 1. The number of ether oxygens (including phenoxy) is 1. The summed E-state index contributed by atoms with van der Waals surface area (Å²) in [5.41, 5.74) is 4.59. The minimum Gasteiger partial charge on any atom is -0.379 e. The zero-order valence-corrected chi connectivity index (χ0v) is 14.4. The van der Waals surface area contributed by atoms with E-state index in [9.17, 15) is 4.79 Å². The highest BCUT2D eigenvalue weighted by Gasteiger charge is 2.31. The van der Waals surface area contributed by atoms with Crippen molar-refractivity contribution in [1.29, 1.82) is 0 Å². The van der Waals surface area contributed by atoms with Gasteiger partial charge in [-0.05, 0) is 43.5 Å². The maximum absolute atomic E-state index is 12.8. The van der Waals surface area contributed by atoms with Crippen molar-refractivity contribution in [2.24, 2.45) is 0 Å². The third-order valence-corrected chi connectivity index (χ3v) is 4.95. The van der Waals surface area contributed by atoms with Gasteiger partial charge in [-0.2, -0.15) is 0 Å². The molecule has 1 saturated heterocycles. The molecule has 0 bridgehead atoms. The molecule has 1 aromatic rings. The van der Waals surface area contributed by atoms with E-state index < -0.39 is 0 Å². The lowest BCUT2D eigenvalue weighted by Crippen LogP contribution is -2.50. The summed E-state index contributed by atoms with van der Waals surface area (Å²) in [6.45, 7) is 11.4. The van der Waals surface area contributed by atoms with Gasteiger partial charge in [0.25, 0.3) is 0 Å². The maximum atomic E-state index is 12.8. The molecule has 0 saturated carbocycles. The van der Waals surface area contributed by atoms with Gasteiger partial charge in [-0.15, -0.1) is 0 Å². The summed E-state index contributed by atoms with van der Waals surface area (Å²) in [6, 6.07) is 4.19. The van der Waals surface area contributed by atoms with Crippen LogP contribution >= 0.6 is 0 Å². The van der Waals surface area contributed by atoms with Crippen molar-refractivity contribution in [3.05, 3.63) is 23.3 Å². The lowest BCUT2D eigenvalue weighted by atomic mass is 10.0. The summed E-state index contributed by atoms with van der Waals surface area (Å²) < 4.78 is 5.40. The number of morpholine rings is 1. The Bertz CT molecular complexity index is 582. The van der Waals surface area contributed by atoms with E-state index in [2.05, 4.69) is 43.1 Å². The SMILES string of the molecule is CCC1Nc2cc(C)c(C)cc2N(CCN2CCOCC2)C1=O. The number of rotatable bonds is 4. The van der Waals surface area contributed by atoms with Crippen molar-refractivity contribution in [3.63, 3.8) is 0 Å². The molecule has 1 fully saturated rings. The number of anilines is 2. The fourth-order valence-electron chi connectivity index (χ4n) is 3.27. The quantitative estimate of drug-likeness (QED) is 0.924. The van der Waals surface area contributed by atoms with E-state index >= 15 is 0 Å². The largest absolute Gasteiger partial charge is 0.379 e. The van der Waals surface area contributed by atoms with Gasteiger partial charge in [0, 0.05) is 26.2 Å². The third-order valence-electron chi connectivity index (χ3n) is 4.95. The lowest BCUT2D eigenvalue weighted by molar-refractivity contribution is -0.119. The molecular formula is C18H27N3O2. The van der Waals surface area contributed by atoms with Crippen LogP contribution in [0.4, 0.5) is 11.4 Å². The Hall–Kier alpha value is -1.59. The number of amides is 1. The number of nitrogens with zero attached hydrogens (tertiary/aromatic N) is 2. The molecule has 2 aliphatic rings. The van der Waals surface area contributed by atoms with Crippen LogP contribution in [0.1, 0.15) is 24.5 Å². The zero-order chi connectivity index (χ0) is 16.4. The first-order chi connectivity index (χ1) is 11.1. The fourth-order valence-corrected chi connectivity index (χ4v) is 3.27. The van der Waals surface area contributed by atoms with Gasteiger partial charge in [0.15, 0.2) is 0 Å². The zero-order valence-electron chi connectivity index (χ0n) is 14.4. The second-order valence-electron chi connectivity index (χ2n) is 6.50. The van der Waals surface area contributed by atoms with Crippen LogP contribution in [0.2, 0.25) is 0 Å². The molecule has 126 valence electrons. The second-order valence-corrected chi connectivity index (χ2v) is 6.50. The summed E-state index contributed by atoms with van der Waals surface area (Å²) in [4.78, 5) is 17.2. The molecule has 1 atom stereocenters. The van der Waals surface area contributed by atoms with E-state index in [1.54, 1.807) is 0 Å². The number of aryl methyl sites for hydroxylation is 2. The predicted molar refractivity (Wildman–Crippen MR) is 93.2 cm³/mol. The number of hydrogen-bond donors (Lipinski definition) is 1. The van der Waals surface area contributed by atoms with Gasteiger partial charge in [-0.3, -0.25) is 9.69 Å². The van der Waals surface area contributed by atoms with E-state index in [4.69, 9.17) is 4.74 Å². The van der Waals surface area contributed by atoms with E-state index in [-0.39, 0.29) is 11.9 Å². The number of nitrogens with one attached hydrogen (secondary N) is 1. The molecule has 0 aromatic heterocycles. The number of benzene rings is 1. The first-order valence-corrected chi connectivity index (χ1v) is 8.59. The lowest BCUT2D eigenvalue weighted by Gasteiger charge is -2.37. The van der Waals surface area contributed by atoms with Crippen LogP contribution < -0.4 is 10.2 Å². The highest BCUT2D eigenvalue weighted by molar-refractivity contribution is 6.05. The molecule has 23 heavy (non-hydrogen) atoms. The summed E-state index contributed by atoms with van der Waals surface area (Å²) in [5.74, 6) is 0.191. The molecule has 0 aliphatic carbocycles. The molecule has 1 N–H and O–H groups in total. The van der Waals surface area contributed by atoms with E-state index in [1.807, 2.05) is 4.90 Å². The van der Waals surface area contributed by atoms with Crippen LogP contribution in [0.5, 0.6) is 0 Å². The van der Waals surface area contributed by atoms with E-state index in [1.165, 1.54) is 11.1 Å². The molecule has 1 aromatic carbocycles. The van der Waals surface area contributed by atoms with Gasteiger partial charge in [0.1, 0.15) is 6.04 Å². The Morgan fingerprint density at radius 2 is 1.87 bits per heavy atom. The number of carbonyl (C=O) groups excluding carboxylic acids is 1. The van der Waals surface area contributed by atoms with Gasteiger partial charge in [-0.1, -0.05) is 6.92 Å². The monoisotopic (exact) mass is 317 g/mol. The molecular weight excluding hydrogens is 290 g/mol. The number of fused-ring (bicyclic) bond motifs is 1. The topological polar surface area (TPSA) is 44.8 Å². The molecule has 5 nitrogen and oxygen atoms in total. The third kappa shape index (κ3) is 3.35. The Balaban J connectivity index is 1.82. The van der Waals surface area contributed by atoms with Gasteiger partial charge < -0.3 is 15.0 Å². The van der Waals surface area contributed by atoms with Crippen molar-refractivity contribution >= 4 is 17.3 Å². The van der Waals surface area contributed by atoms with Crippen LogP contribution in [-0.4, -0.2) is 56.2 Å². The predicted octanol–water partition coefficient (Wildman–Crippen LogP) is 2.17. The van der Waals surface area contributed by atoms with Crippen molar-refractivity contribution in [2.45, 2.75) is 33.2 Å². The van der Waals surface area contributed by atoms with Crippen molar-refractivity contribution < 1.29 is 9.53 Å². The first-order valence-electron chi connectivity index (χ1n) is 8.59. The van der Waals surface area contributed by atoms with Gasteiger partial charge in [-0.25, -0.2) is 0 Å². The van der Waals surface area contributed by atoms with E-state index in [0.717, 1.165) is 57.2 Å². The molecule has 2 aliphatic heterocycles. The summed E-state index contributed by atoms with van der Waals surface area (Å²) in [7, 11) is 0.